The Hall–Kier alpha value is -2.04. The average Bonchev–Trinajstić information content (AvgIpc) is 2.64. The summed E-state index contributed by atoms with van der Waals surface area (Å²) in [5, 5.41) is 0. The Morgan fingerprint density at radius 1 is 1.04 bits per heavy atom. The van der Waals surface area contributed by atoms with Gasteiger partial charge in [-0.25, -0.2) is 4.79 Å². The van der Waals surface area contributed by atoms with Crippen LogP contribution < -0.4 is 9.47 Å². The smallest absolute Gasteiger partial charge is 0.338 e. The van der Waals surface area contributed by atoms with Crippen LogP contribution in [0.3, 0.4) is 0 Å². The van der Waals surface area contributed by atoms with Crippen molar-refractivity contribution < 1.29 is 23.8 Å². The first-order valence-corrected chi connectivity index (χ1v) is 10.4. The number of methoxy groups -OCH3 is 1. The van der Waals surface area contributed by atoms with Gasteiger partial charge >= 0.3 is 5.97 Å². The fourth-order valence-corrected chi connectivity index (χ4v) is 5.97. The van der Waals surface area contributed by atoms with Crippen molar-refractivity contribution >= 4 is 11.8 Å². The Morgan fingerprint density at radius 2 is 1.64 bits per heavy atom. The van der Waals surface area contributed by atoms with Gasteiger partial charge in [0.05, 0.1) is 18.8 Å². The Balaban J connectivity index is 1.40. The molecule has 0 radical (unpaired) electrons. The molecule has 5 heteroatoms. The number of ketones is 1. The summed E-state index contributed by atoms with van der Waals surface area (Å²) in [4.78, 5) is 25.5. The van der Waals surface area contributed by atoms with Crippen molar-refractivity contribution in [2.75, 3.05) is 13.7 Å². The highest BCUT2D eigenvalue weighted by Gasteiger charge is 2.54. The zero-order valence-corrected chi connectivity index (χ0v) is 17.0. The molecular weight excluding hydrogens is 356 g/mol. The molecule has 4 aliphatic rings. The maximum Gasteiger partial charge on any atom is 0.338 e. The van der Waals surface area contributed by atoms with E-state index >= 15 is 0 Å². The molecule has 4 fully saturated rings. The second-order valence-electron chi connectivity index (χ2n) is 9.23. The van der Waals surface area contributed by atoms with Crippen molar-refractivity contribution in [3.63, 3.8) is 0 Å². The van der Waals surface area contributed by atoms with E-state index in [0.29, 0.717) is 34.8 Å². The molecule has 0 heterocycles. The van der Waals surface area contributed by atoms with Crippen LogP contribution in [0.1, 0.15) is 62.7 Å². The van der Waals surface area contributed by atoms with Crippen molar-refractivity contribution in [2.45, 2.75) is 58.5 Å². The number of carbonyl (C=O) groups is 2. The van der Waals surface area contributed by atoms with Crippen LogP contribution in [0.5, 0.6) is 11.5 Å². The van der Waals surface area contributed by atoms with Crippen LogP contribution in [0.4, 0.5) is 0 Å². The lowest BCUT2D eigenvalue weighted by molar-refractivity contribution is -0.147. The number of esters is 1. The van der Waals surface area contributed by atoms with Gasteiger partial charge in [-0.1, -0.05) is 0 Å². The maximum absolute atomic E-state index is 13.0. The molecule has 0 aliphatic heterocycles. The Morgan fingerprint density at radius 3 is 2.18 bits per heavy atom. The monoisotopic (exact) mass is 386 g/mol. The molecule has 4 saturated carbocycles. The third-order valence-electron chi connectivity index (χ3n) is 6.73. The first-order chi connectivity index (χ1) is 13.4. The van der Waals surface area contributed by atoms with Crippen LogP contribution in [0, 0.1) is 23.2 Å². The first kappa shape index (κ1) is 19.3. The molecule has 0 amide bonds. The molecule has 5 nitrogen and oxygen atoms in total. The molecular formula is C23H30O5. The first-order valence-electron chi connectivity index (χ1n) is 10.4. The molecule has 1 aromatic rings. The van der Waals surface area contributed by atoms with Gasteiger partial charge in [0.2, 0.25) is 0 Å². The lowest BCUT2D eigenvalue weighted by atomic mass is 9.48. The second kappa shape index (κ2) is 7.41. The highest BCUT2D eigenvalue weighted by Crippen LogP contribution is 2.60. The average molecular weight is 386 g/mol. The molecule has 152 valence electrons. The van der Waals surface area contributed by atoms with Crippen LogP contribution in [-0.4, -0.2) is 31.6 Å². The fraction of sp³-hybridized carbons (Fsp3) is 0.652. The second-order valence-corrected chi connectivity index (χ2v) is 9.23. The van der Waals surface area contributed by atoms with Gasteiger partial charge in [0, 0.05) is 5.41 Å². The van der Waals surface area contributed by atoms with Gasteiger partial charge in [0.15, 0.2) is 23.9 Å². The molecule has 1 aromatic carbocycles. The topological polar surface area (TPSA) is 61.8 Å². The predicted molar refractivity (Wildman–Crippen MR) is 105 cm³/mol. The summed E-state index contributed by atoms with van der Waals surface area (Å²) in [5.74, 6) is 2.78. The van der Waals surface area contributed by atoms with E-state index in [0.717, 1.165) is 19.3 Å². The summed E-state index contributed by atoms with van der Waals surface area (Å²) in [7, 11) is 1.54. The van der Waals surface area contributed by atoms with Crippen LogP contribution in [0.25, 0.3) is 0 Å². The molecule has 0 saturated heterocycles. The lowest BCUT2D eigenvalue weighted by Gasteiger charge is -2.55. The van der Waals surface area contributed by atoms with E-state index in [1.165, 1.54) is 26.4 Å². The Labute approximate surface area is 166 Å². The van der Waals surface area contributed by atoms with Gasteiger partial charge in [-0.15, -0.1) is 0 Å². The highest BCUT2D eigenvalue weighted by atomic mass is 16.5. The summed E-state index contributed by atoms with van der Waals surface area (Å²) >= 11 is 0. The zero-order chi connectivity index (χ0) is 19.9. The van der Waals surface area contributed by atoms with Crippen molar-refractivity contribution in [3.05, 3.63) is 23.8 Å². The van der Waals surface area contributed by atoms with E-state index in [1.807, 2.05) is 13.8 Å². The quantitative estimate of drug-likeness (QED) is 0.649. The van der Waals surface area contributed by atoms with Gasteiger partial charge in [-0.05, 0) is 88.3 Å². The van der Waals surface area contributed by atoms with Crippen molar-refractivity contribution in [1.82, 2.24) is 0 Å². The normalized spacial score (nSPS) is 30.4. The van der Waals surface area contributed by atoms with E-state index in [1.54, 1.807) is 18.2 Å². The molecule has 5 rings (SSSR count). The molecule has 0 aromatic heterocycles. The summed E-state index contributed by atoms with van der Waals surface area (Å²) in [6.07, 6.45) is 6.84. The molecule has 0 N–H and O–H groups in total. The van der Waals surface area contributed by atoms with Crippen molar-refractivity contribution in [3.8, 4) is 11.5 Å². The van der Waals surface area contributed by atoms with Gasteiger partial charge in [0.25, 0.3) is 0 Å². The lowest BCUT2D eigenvalue weighted by Crippen LogP contribution is -2.51. The zero-order valence-electron chi connectivity index (χ0n) is 17.0. The molecule has 4 aliphatic carbocycles. The summed E-state index contributed by atoms with van der Waals surface area (Å²) in [5.41, 5.74) is 0.132. The number of Topliss-reactive ketones (excluding diaryl/α,β-unsaturated/α-hetero) is 1. The standard InChI is InChI=1S/C23H30O5/c1-14(2)28-19-5-4-18(9-20(19)26-3)22(25)27-13-21(24)23-10-15-6-16(11-23)8-17(7-15)12-23/h4-5,9,14-17H,6-8,10-13H2,1-3H3. The highest BCUT2D eigenvalue weighted by molar-refractivity contribution is 5.93. The van der Waals surface area contributed by atoms with Crippen molar-refractivity contribution in [1.29, 1.82) is 0 Å². The number of benzene rings is 1. The van der Waals surface area contributed by atoms with E-state index < -0.39 is 5.97 Å². The van der Waals surface area contributed by atoms with E-state index in [2.05, 4.69) is 0 Å². The molecule has 0 atom stereocenters. The fourth-order valence-electron chi connectivity index (χ4n) is 5.97. The van der Waals surface area contributed by atoms with E-state index in [4.69, 9.17) is 14.2 Å². The van der Waals surface area contributed by atoms with Gasteiger partial charge in [-0.2, -0.15) is 0 Å². The minimum atomic E-state index is -0.493. The van der Waals surface area contributed by atoms with Crippen LogP contribution in [0.15, 0.2) is 18.2 Å². The number of rotatable bonds is 7. The third-order valence-corrected chi connectivity index (χ3v) is 6.73. The summed E-state index contributed by atoms with van der Waals surface area (Å²) < 4.78 is 16.4. The third kappa shape index (κ3) is 3.63. The minimum absolute atomic E-state index is 0.00426. The molecule has 0 spiro atoms. The summed E-state index contributed by atoms with van der Waals surface area (Å²) in [6.45, 7) is 3.73. The SMILES string of the molecule is COc1cc(C(=O)OCC(=O)C23CC4CC(CC(C4)C2)C3)ccc1OC(C)C. The molecule has 28 heavy (non-hydrogen) atoms. The molecule has 4 bridgehead atoms. The van der Waals surface area contributed by atoms with Gasteiger partial charge in [-0.3, -0.25) is 4.79 Å². The van der Waals surface area contributed by atoms with Crippen molar-refractivity contribution in [2.24, 2.45) is 23.2 Å². The molecule has 0 unspecified atom stereocenters. The largest absolute Gasteiger partial charge is 0.493 e. The number of hydrogen-bond acceptors (Lipinski definition) is 5. The Bertz CT molecular complexity index is 731. The number of carbonyl (C=O) groups excluding carboxylic acids is 2. The van der Waals surface area contributed by atoms with E-state index in [9.17, 15) is 9.59 Å². The van der Waals surface area contributed by atoms with E-state index in [-0.39, 0.29) is 23.9 Å². The van der Waals surface area contributed by atoms with Crippen LogP contribution >= 0.6 is 0 Å². The van der Waals surface area contributed by atoms with Gasteiger partial charge < -0.3 is 14.2 Å². The van der Waals surface area contributed by atoms with Crippen LogP contribution in [-0.2, 0) is 9.53 Å². The number of ether oxygens (including phenoxy) is 3. The van der Waals surface area contributed by atoms with Gasteiger partial charge in [0.1, 0.15) is 0 Å². The van der Waals surface area contributed by atoms with Crippen LogP contribution in [0.2, 0.25) is 0 Å². The predicted octanol–water partition coefficient (Wildman–Crippen LogP) is 4.42. The maximum atomic E-state index is 13.0. The Kier molecular flexibility index (Phi) is 5.11. The number of hydrogen-bond donors (Lipinski definition) is 0. The minimum Gasteiger partial charge on any atom is -0.493 e. The summed E-state index contributed by atoms with van der Waals surface area (Å²) in [6, 6.07) is 4.96.